The molecule has 5 nitrogen and oxygen atoms in total. The first-order chi connectivity index (χ1) is 10.0. The molecule has 1 aliphatic carbocycles. The Kier molecular flexibility index (Phi) is 3.47. The Bertz CT molecular complexity index is 706. The van der Waals surface area contributed by atoms with Crippen LogP contribution in [0.3, 0.4) is 0 Å². The monoisotopic (exact) mass is 301 g/mol. The van der Waals surface area contributed by atoms with Gasteiger partial charge < -0.3 is 5.73 Å². The first-order valence-corrected chi connectivity index (χ1v) is 7.53. The van der Waals surface area contributed by atoms with Crippen molar-refractivity contribution < 1.29 is 9.59 Å². The summed E-state index contributed by atoms with van der Waals surface area (Å²) in [4.78, 5) is 28.9. The van der Waals surface area contributed by atoms with Crippen LogP contribution in [0.2, 0.25) is 0 Å². The van der Waals surface area contributed by atoms with Crippen molar-refractivity contribution in [3.05, 3.63) is 46.0 Å². The van der Waals surface area contributed by atoms with Gasteiger partial charge in [-0.15, -0.1) is 11.3 Å². The van der Waals surface area contributed by atoms with Crippen LogP contribution < -0.4 is 11.1 Å². The molecule has 108 valence electrons. The van der Waals surface area contributed by atoms with Gasteiger partial charge in [0.2, 0.25) is 5.91 Å². The minimum Gasteiger partial charge on any atom is -0.369 e. The summed E-state index contributed by atoms with van der Waals surface area (Å²) in [5.74, 6) is -0.866. The molecule has 0 unspecified atom stereocenters. The zero-order valence-electron chi connectivity index (χ0n) is 11.6. The number of carbonyl (C=O) groups excluding carboxylic acids is 2. The topological polar surface area (TPSA) is 85.1 Å². The van der Waals surface area contributed by atoms with Crippen LogP contribution in [-0.2, 0) is 11.2 Å². The Labute approximate surface area is 126 Å². The lowest BCUT2D eigenvalue weighted by molar-refractivity contribution is -0.119. The van der Waals surface area contributed by atoms with E-state index in [9.17, 15) is 9.59 Å². The number of aryl methyl sites for hydroxylation is 2. The Morgan fingerprint density at radius 3 is 2.71 bits per heavy atom. The third kappa shape index (κ3) is 2.67. The Morgan fingerprint density at radius 1 is 1.33 bits per heavy atom. The minimum absolute atomic E-state index is 0.196. The summed E-state index contributed by atoms with van der Waals surface area (Å²) in [5, 5.41) is 3.31. The van der Waals surface area contributed by atoms with Crippen LogP contribution in [0.1, 0.15) is 38.8 Å². The average Bonchev–Trinajstić information content (AvgIpc) is 2.98. The first-order valence-electron chi connectivity index (χ1n) is 6.71. The molecule has 21 heavy (non-hydrogen) atoms. The number of thiazole rings is 1. The van der Waals surface area contributed by atoms with Crippen LogP contribution in [-0.4, -0.2) is 16.8 Å². The number of amides is 2. The minimum atomic E-state index is -0.351. The molecule has 3 N–H and O–H groups in total. The molecule has 2 aromatic rings. The van der Waals surface area contributed by atoms with Gasteiger partial charge in [0.25, 0.3) is 5.91 Å². The van der Waals surface area contributed by atoms with Gasteiger partial charge in [-0.25, -0.2) is 4.98 Å². The van der Waals surface area contributed by atoms with Crippen LogP contribution in [0.15, 0.2) is 24.3 Å². The Morgan fingerprint density at radius 2 is 2.05 bits per heavy atom. The van der Waals surface area contributed by atoms with Gasteiger partial charge in [-0.1, -0.05) is 17.7 Å². The summed E-state index contributed by atoms with van der Waals surface area (Å²) in [6.45, 7) is 1.97. The number of nitrogens with zero attached hydrogens (tertiary/aromatic N) is 1. The van der Waals surface area contributed by atoms with Crippen molar-refractivity contribution in [2.24, 2.45) is 5.73 Å². The highest BCUT2D eigenvalue weighted by atomic mass is 32.1. The summed E-state index contributed by atoms with van der Waals surface area (Å²) < 4.78 is 0. The first kappa shape index (κ1) is 13.8. The van der Waals surface area contributed by atoms with Gasteiger partial charge in [0, 0.05) is 10.4 Å². The zero-order valence-corrected chi connectivity index (χ0v) is 12.4. The number of rotatable bonds is 3. The molecule has 0 saturated heterocycles. The van der Waals surface area contributed by atoms with E-state index in [2.05, 4.69) is 10.3 Å². The molecule has 1 aliphatic rings. The average molecular weight is 301 g/mol. The van der Waals surface area contributed by atoms with Crippen molar-refractivity contribution in [1.82, 2.24) is 4.98 Å². The second kappa shape index (κ2) is 5.29. The molecule has 0 spiro atoms. The number of fused-ring (bicyclic) bond motifs is 1. The van der Waals surface area contributed by atoms with Crippen molar-refractivity contribution in [2.75, 3.05) is 5.32 Å². The summed E-state index contributed by atoms with van der Waals surface area (Å²) in [6, 6.07) is 7.33. The van der Waals surface area contributed by atoms with Crippen LogP contribution >= 0.6 is 11.3 Å². The van der Waals surface area contributed by atoms with Crippen molar-refractivity contribution in [3.8, 4) is 0 Å². The molecule has 0 saturated carbocycles. The van der Waals surface area contributed by atoms with Crippen LogP contribution in [0.25, 0.3) is 0 Å². The predicted molar refractivity (Wildman–Crippen MR) is 81.5 cm³/mol. The Hall–Kier alpha value is -2.21. The van der Waals surface area contributed by atoms with Gasteiger partial charge in [0.1, 0.15) is 0 Å². The highest BCUT2D eigenvalue weighted by Crippen LogP contribution is 2.38. The van der Waals surface area contributed by atoms with E-state index in [1.54, 1.807) is 12.1 Å². The summed E-state index contributed by atoms with van der Waals surface area (Å²) in [6.07, 6.45) is 1.51. The van der Waals surface area contributed by atoms with E-state index in [1.807, 2.05) is 19.1 Å². The maximum Gasteiger partial charge on any atom is 0.257 e. The maximum absolute atomic E-state index is 12.1. The number of nitrogens with one attached hydrogen (secondary N) is 1. The van der Waals surface area contributed by atoms with E-state index in [0.29, 0.717) is 10.7 Å². The quantitative estimate of drug-likeness (QED) is 0.911. The fourth-order valence-electron chi connectivity index (χ4n) is 2.43. The number of hydrogen-bond donors (Lipinski definition) is 2. The third-order valence-electron chi connectivity index (χ3n) is 3.60. The number of aromatic nitrogens is 1. The lowest BCUT2D eigenvalue weighted by Crippen LogP contribution is -2.20. The van der Waals surface area contributed by atoms with E-state index in [4.69, 9.17) is 5.73 Å². The summed E-state index contributed by atoms with van der Waals surface area (Å²) >= 11 is 1.42. The van der Waals surface area contributed by atoms with Crippen LogP contribution in [0, 0.1) is 6.92 Å². The molecule has 1 heterocycles. The standard InChI is InChI=1S/C15H15N3O2S/c1-8-2-4-9(5-3-8)14(20)18-15-17-12-10(13(16)19)6-7-11(12)21-15/h2-5,10H,6-7H2,1H3,(H2,16,19)(H,17,18,20)/t10-/m1/s1. The number of hydrogen-bond acceptors (Lipinski definition) is 4. The van der Waals surface area contributed by atoms with Crippen molar-refractivity contribution >= 4 is 28.3 Å². The molecule has 1 aromatic heterocycles. The highest BCUT2D eigenvalue weighted by Gasteiger charge is 2.31. The van der Waals surface area contributed by atoms with Crippen LogP contribution in [0.4, 0.5) is 5.13 Å². The van der Waals surface area contributed by atoms with Crippen molar-refractivity contribution in [3.63, 3.8) is 0 Å². The largest absolute Gasteiger partial charge is 0.369 e. The molecule has 0 fully saturated rings. The highest BCUT2D eigenvalue weighted by molar-refractivity contribution is 7.16. The van der Waals surface area contributed by atoms with Gasteiger partial charge in [-0.2, -0.15) is 0 Å². The second-order valence-electron chi connectivity index (χ2n) is 5.14. The smallest absolute Gasteiger partial charge is 0.257 e. The fourth-order valence-corrected chi connectivity index (χ4v) is 3.47. The molecule has 2 amide bonds. The van der Waals surface area contributed by atoms with Crippen molar-refractivity contribution in [2.45, 2.75) is 25.7 Å². The number of anilines is 1. The number of carbonyl (C=O) groups is 2. The number of nitrogens with two attached hydrogens (primary N) is 1. The molecular formula is C15H15N3O2S. The van der Waals surface area contributed by atoms with Gasteiger partial charge >= 0.3 is 0 Å². The predicted octanol–water partition coefficient (Wildman–Crippen LogP) is 2.22. The van der Waals surface area contributed by atoms with Crippen molar-refractivity contribution in [1.29, 1.82) is 0 Å². The normalized spacial score (nSPS) is 16.5. The Balaban J connectivity index is 1.77. The van der Waals surface area contributed by atoms with E-state index < -0.39 is 0 Å². The molecule has 6 heteroatoms. The second-order valence-corrected chi connectivity index (χ2v) is 6.22. The number of primary amides is 1. The summed E-state index contributed by atoms with van der Waals surface area (Å²) in [5.41, 5.74) is 7.78. The van der Waals surface area contributed by atoms with Crippen LogP contribution in [0.5, 0.6) is 0 Å². The molecule has 0 aliphatic heterocycles. The lowest BCUT2D eigenvalue weighted by Gasteiger charge is -2.04. The molecular weight excluding hydrogens is 286 g/mol. The molecule has 1 atom stereocenters. The fraction of sp³-hybridized carbons (Fsp3) is 0.267. The summed E-state index contributed by atoms with van der Waals surface area (Å²) in [7, 11) is 0. The number of benzene rings is 1. The maximum atomic E-state index is 12.1. The lowest BCUT2D eigenvalue weighted by atomic mass is 10.1. The molecule has 1 aromatic carbocycles. The van der Waals surface area contributed by atoms with Gasteiger partial charge in [0.05, 0.1) is 11.6 Å². The van der Waals surface area contributed by atoms with Gasteiger partial charge in [0.15, 0.2) is 5.13 Å². The van der Waals surface area contributed by atoms with Gasteiger partial charge in [-0.05, 0) is 31.9 Å². The van der Waals surface area contributed by atoms with E-state index in [1.165, 1.54) is 11.3 Å². The van der Waals surface area contributed by atoms with E-state index >= 15 is 0 Å². The van der Waals surface area contributed by atoms with E-state index in [0.717, 1.165) is 29.0 Å². The SMILES string of the molecule is Cc1ccc(C(=O)Nc2nc3c(s2)CC[C@H]3C(N)=O)cc1. The molecule has 0 radical (unpaired) electrons. The zero-order chi connectivity index (χ0) is 15.0. The van der Waals surface area contributed by atoms with Gasteiger partial charge in [-0.3, -0.25) is 14.9 Å². The van der Waals surface area contributed by atoms with E-state index in [-0.39, 0.29) is 17.7 Å². The molecule has 0 bridgehead atoms. The molecule has 3 rings (SSSR count). The third-order valence-corrected chi connectivity index (χ3v) is 4.64.